The molecule has 3 aromatic rings. The maximum atomic E-state index is 13.3. The molecule has 1 saturated heterocycles. The van der Waals surface area contributed by atoms with Crippen molar-refractivity contribution in [2.24, 2.45) is 5.41 Å². The van der Waals surface area contributed by atoms with Crippen molar-refractivity contribution in [3.63, 3.8) is 0 Å². The molecule has 2 fully saturated rings. The molecule has 9 heteroatoms. The lowest BCUT2D eigenvalue weighted by molar-refractivity contribution is -0.178. The normalized spacial score (nSPS) is 17.7. The third-order valence-electron chi connectivity index (χ3n) is 7.57. The Morgan fingerprint density at radius 2 is 1.97 bits per heavy atom. The molecule has 1 aliphatic heterocycles. The van der Waals surface area contributed by atoms with Crippen LogP contribution >= 0.6 is 0 Å². The summed E-state index contributed by atoms with van der Waals surface area (Å²) in [6.45, 7) is 5.19. The minimum Gasteiger partial charge on any atom is -0.496 e. The predicted octanol–water partition coefficient (Wildman–Crippen LogP) is 6.21. The fourth-order valence-electron chi connectivity index (χ4n) is 5.61. The van der Waals surface area contributed by atoms with Gasteiger partial charge in [0.15, 0.2) is 0 Å². The van der Waals surface area contributed by atoms with Gasteiger partial charge < -0.3 is 20.1 Å². The number of hydrogen-bond donors (Lipinski definition) is 3. The number of aromatic nitrogens is 1. The quantitative estimate of drug-likeness (QED) is 0.318. The third-order valence-corrected chi connectivity index (χ3v) is 7.57. The van der Waals surface area contributed by atoms with Gasteiger partial charge in [-0.25, -0.2) is 13.6 Å². The molecule has 7 nitrogen and oxygen atoms in total. The average Bonchev–Trinajstić information content (AvgIpc) is 3.37. The number of fused-ring (bicyclic) bond motifs is 1. The monoisotopic (exact) mass is 524 g/mol. The minimum atomic E-state index is -2.42. The summed E-state index contributed by atoms with van der Waals surface area (Å²) in [5.74, 6) is -2.45. The van der Waals surface area contributed by atoms with Gasteiger partial charge in [-0.1, -0.05) is 6.07 Å². The number of likely N-dealkylation sites (tertiary alicyclic amines) is 1. The average molecular weight is 525 g/mol. The number of carboxylic acids is 1. The number of rotatable bonds is 7. The topological polar surface area (TPSA) is 101 Å². The molecule has 1 aromatic heterocycles. The van der Waals surface area contributed by atoms with Gasteiger partial charge in [-0.15, -0.1) is 0 Å². The standard InChI is InChI=1S/C19H24F2N2O.C10H10N2O2/c1-13-9-16(24-2)15(14-3-6-22-17(13)14)10-23-7-4-18(5-8-23)11-19(20,21)12-18;11-5-2-6-12-9-4-1-3-8(7-9)10(13)14/h3,6,9,22H,4-5,7-8,10-12H2,1-2H3;1,3-4,7,12H,2,6H2,(H,13,14). The van der Waals surface area contributed by atoms with Crippen LogP contribution < -0.4 is 10.1 Å². The van der Waals surface area contributed by atoms with E-state index in [2.05, 4.69) is 34.3 Å². The Morgan fingerprint density at radius 3 is 2.61 bits per heavy atom. The molecular weight excluding hydrogens is 490 g/mol. The van der Waals surface area contributed by atoms with Gasteiger partial charge in [0.1, 0.15) is 5.75 Å². The largest absolute Gasteiger partial charge is 0.496 e. The zero-order valence-electron chi connectivity index (χ0n) is 21.8. The highest BCUT2D eigenvalue weighted by molar-refractivity contribution is 5.89. The summed E-state index contributed by atoms with van der Waals surface area (Å²) in [6, 6.07) is 12.7. The molecule has 1 spiro atoms. The Kier molecular flexibility index (Phi) is 8.22. The summed E-state index contributed by atoms with van der Waals surface area (Å²) in [6.07, 6.45) is 4.30. The molecule has 0 bridgehead atoms. The summed E-state index contributed by atoms with van der Waals surface area (Å²) < 4.78 is 32.1. The van der Waals surface area contributed by atoms with Crippen LogP contribution in [0.25, 0.3) is 10.9 Å². The van der Waals surface area contributed by atoms with Gasteiger partial charge in [-0.3, -0.25) is 4.90 Å². The molecule has 0 atom stereocenters. The second kappa shape index (κ2) is 11.4. The van der Waals surface area contributed by atoms with Gasteiger partial charge in [-0.2, -0.15) is 5.26 Å². The van der Waals surface area contributed by atoms with Gasteiger partial charge in [0.25, 0.3) is 0 Å². The van der Waals surface area contributed by atoms with E-state index in [1.54, 1.807) is 25.3 Å². The highest BCUT2D eigenvalue weighted by atomic mass is 19.3. The van der Waals surface area contributed by atoms with Crippen LogP contribution in [-0.4, -0.2) is 53.6 Å². The number of aromatic amines is 1. The Hall–Kier alpha value is -3.64. The van der Waals surface area contributed by atoms with Crippen LogP contribution in [0.4, 0.5) is 14.5 Å². The van der Waals surface area contributed by atoms with Crippen molar-refractivity contribution in [1.82, 2.24) is 9.88 Å². The molecule has 0 radical (unpaired) electrons. The van der Waals surface area contributed by atoms with E-state index in [4.69, 9.17) is 15.1 Å². The number of anilines is 1. The van der Waals surface area contributed by atoms with Crippen molar-refractivity contribution >= 4 is 22.6 Å². The lowest BCUT2D eigenvalue weighted by Crippen LogP contribution is -2.52. The van der Waals surface area contributed by atoms with E-state index < -0.39 is 11.9 Å². The number of methoxy groups -OCH3 is 1. The molecule has 202 valence electrons. The van der Waals surface area contributed by atoms with E-state index in [0.29, 0.717) is 13.0 Å². The third kappa shape index (κ3) is 6.25. The van der Waals surface area contributed by atoms with Crippen LogP contribution in [0.5, 0.6) is 5.75 Å². The van der Waals surface area contributed by atoms with Gasteiger partial charge in [0.2, 0.25) is 5.92 Å². The number of halogens is 2. The van der Waals surface area contributed by atoms with E-state index in [-0.39, 0.29) is 23.8 Å². The zero-order chi connectivity index (χ0) is 27.3. The lowest BCUT2D eigenvalue weighted by atomic mass is 9.61. The van der Waals surface area contributed by atoms with Crippen molar-refractivity contribution in [2.45, 2.75) is 51.5 Å². The second-order valence-corrected chi connectivity index (χ2v) is 10.3. The SMILES string of the molecule is COc1cc(C)c2[nH]ccc2c1CN1CCC2(CC1)CC(F)(F)C2.N#CCCNc1cccc(C(=O)O)c1. The van der Waals surface area contributed by atoms with Gasteiger partial charge in [0, 0.05) is 54.3 Å². The zero-order valence-corrected chi connectivity index (χ0v) is 21.8. The van der Waals surface area contributed by atoms with Crippen molar-refractivity contribution in [1.29, 1.82) is 5.26 Å². The highest BCUT2D eigenvalue weighted by Crippen LogP contribution is 2.57. The van der Waals surface area contributed by atoms with Crippen LogP contribution in [0.3, 0.4) is 0 Å². The first-order chi connectivity index (χ1) is 18.1. The maximum absolute atomic E-state index is 13.3. The number of piperidine rings is 1. The van der Waals surface area contributed by atoms with E-state index in [0.717, 1.165) is 49.4 Å². The Labute approximate surface area is 221 Å². The first kappa shape index (κ1) is 27.4. The summed E-state index contributed by atoms with van der Waals surface area (Å²) >= 11 is 0. The van der Waals surface area contributed by atoms with Crippen molar-refractivity contribution in [2.75, 3.05) is 32.1 Å². The van der Waals surface area contributed by atoms with E-state index >= 15 is 0 Å². The molecule has 5 rings (SSSR count). The molecule has 3 N–H and O–H groups in total. The number of alkyl halides is 2. The van der Waals surface area contributed by atoms with E-state index in [1.807, 2.05) is 12.3 Å². The number of aromatic carboxylic acids is 1. The van der Waals surface area contributed by atoms with Crippen LogP contribution in [0.1, 0.15) is 53.6 Å². The van der Waals surface area contributed by atoms with Gasteiger partial charge in [-0.05, 0) is 74.2 Å². The van der Waals surface area contributed by atoms with Gasteiger partial charge in [0.05, 0.1) is 25.2 Å². The fraction of sp³-hybridized carbons (Fsp3) is 0.448. The molecule has 0 amide bonds. The van der Waals surface area contributed by atoms with Gasteiger partial charge >= 0.3 is 5.97 Å². The maximum Gasteiger partial charge on any atom is 0.335 e. The molecule has 1 aliphatic carbocycles. The summed E-state index contributed by atoms with van der Waals surface area (Å²) in [4.78, 5) is 16.3. The Bertz CT molecular complexity index is 1310. The van der Waals surface area contributed by atoms with Crippen molar-refractivity contribution in [3.8, 4) is 11.8 Å². The molecule has 1 saturated carbocycles. The number of nitrogens with zero attached hydrogens (tertiary/aromatic N) is 2. The first-order valence-electron chi connectivity index (χ1n) is 12.8. The van der Waals surface area contributed by atoms with Crippen LogP contribution in [0.2, 0.25) is 0 Å². The molecule has 0 unspecified atom stereocenters. The lowest BCUT2D eigenvalue weighted by Gasteiger charge is -2.51. The number of aryl methyl sites for hydroxylation is 1. The summed E-state index contributed by atoms with van der Waals surface area (Å²) in [5.41, 5.74) is 4.38. The van der Waals surface area contributed by atoms with Crippen LogP contribution in [0.15, 0.2) is 42.6 Å². The second-order valence-electron chi connectivity index (χ2n) is 10.3. The predicted molar refractivity (Wildman–Crippen MR) is 143 cm³/mol. The number of carboxylic acid groups (broad SMARTS) is 1. The number of carbonyl (C=O) groups is 1. The first-order valence-corrected chi connectivity index (χ1v) is 12.8. The minimum absolute atomic E-state index is 0.0871. The van der Waals surface area contributed by atoms with Crippen molar-refractivity contribution in [3.05, 3.63) is 59.3 Å². The molecule has 2 heterocycles. The van der Waals surface area contributed by atoms with E-state index in [9.17, 15) is 13.6 Å². The number of benzene rings is 2. The number of ether oxygens (including phenoxy) is 1. The Morgan fingerprint density at radius 1 is 1.24 bits per heavy atom. The fourth-order valence-corrected chi connectivity index (χ4v) is 5.61. The summed E-state index contributed by atoms with van der Waals surface area (Å²) in [5, 5.41) is 21.2. The number of nitriles is 1. The summed E-state index contributed by atoms with van der Waals surface area (Å²) in [7, 11) is 1.71. The van der Waals surface area contributed by atoms with E-state index in [1.165, 1.54) is 22.6 Å². The number of hydrogen-bond acceptors (Lipinski definition) is 5. The Balaban J connectivity index is 0.000000206. The van der Waals surface area contributed by atoms with Crippen molar-refractivity contribution < 1.29 is 23.4 Å². The number of H-pyrrole nitrogens is 1. The molecule has 2 aliphatic rings. The molecular formula is C29H34F2N4O3. The smallest absolute Gasteiger partial charge is 0.335 e. The van der Waals surface area contributed by atoms with Crippen LogP contribution in [-0.2, 0) is 6.54 Å². The highest BCUT2D eigenvalue weighted by Gasteiger charge is 2.56. The number of nitrogens with one attached hydrogen (secondary N) is 2. The van der Waals surface area contributed by atoms with Crippen LogP contribution in [0, 0.1) is 23.7 Å². The molecule has 2 aromatic carbocycles. The molecule has 38 heavy (non-hydrogen) atoms.